The van der Waals surface area contributed by atoms with E-state index in [1.54, 1.807) is 24.0 Å². The van der Waals surface area contributed by atoms with Gasteiger partial charge < -0.3 is 9.64 Å². The number of fused-ring (bicyclic) bond motifs is 3. The highest BCUT2D eigenvalue weighted by molar-refractivity contribution is 5.96. The molecule has 0 N–H and O–H groups in total. The highest BCUT2D eigenvalue weighted by Gasteiger charge is 2.45. The molecule has 2 bridgehead atoms. The normalized spacial score (nSPS) is 22.4. The molecule has 1 aliphatic carbocycles. The van der Waals surface area contributed by atoms with Crippen LogP contribution in [0.4, 0.5) is 13.2 Å². The Morgan fingerprint density at radius 3 is 2.52 bits per heavy atom. The van der Waals surface area contributed by atoms with Crippen molar-refractivity contribution in [2.45, 2.75) is 44.5 Å². The van der Waals surface area contributed by atoms with Gasteiger partial charge in [-0.25, -0.2) is 15.0 Å². The van der Waals surface area contributed by atoms with Crippen LogP contribution >= 0.6 is 0 Å². The third-order valence-electron chi connectivity index (χ3n) is 6.04. The Bertz CT molecular complexity index is 1150. The minimum Gasteiger partial charge on any atom is -0.458 e. The van der Waals surface area contributed by atoms with Crippen LogP contribution in [0.15, 0.2) is 36.9 Å². The Balaban J connectivity index is 1.39. The van der Waals surface area contributed by atoms with Gasteiger partial charge in [-0.05, 0) is 44.2 Å². The second-order valence-corrected chi connectivity index (χ2v) is 8.25. The SMILES string of the molecule is Cc1ccc(-n2nccn2)c(C(=O)N2C[C@@H]3CC[C@H]2[C@H](Oc2ncc(C(F)(F)F)cn2)C3)n1. The summed E-state index contributed by atoms with van der Waals surface area (Å²) in [5.74, 6) is -0.0585. The van der Waals surface area contributed by atoms with Crippen LogP contribution in [0.2, 0.25) is 0 Å². The lowest BCUT2D eigenvalue weighted by Crippen LogP contribution is -2.59. The molecule has 5 heterocycles. The molecule has 3 fully saturated rings. The van der Waals surface area contributed by atoms with Crippen LogP contribution in [0.25, 0.3) is 5.69 Å². The summed E-state index contributed by atoms with van der Waals surface area (Å²) in [6.45, 7) is 2.35. The molecule has 172 valence electrons. The first-order chi connectivity index (χ1) is 15.8. The Labute approximate surface area is 186 Å². The van der Waals surface area contributed by atoms with Crippen LogP contribution in [0, 0.1) is 12.8 Å². The molecule has 3 atom stereocenters. The van der Waals surface area contributed by atoms with Gasteiger partial charge in [-0.2, -0.15) is 23.4 Å². The molecular formula is C21H20F3N7O2. The Morgan fingerprint density at radius 2 is 1.85 bits per heavy atom. The second kappa shape index (κ2) is 8.09. The summed E-state index contributed by atoms with van der Waals surface area (Å²) in [5, 5.41) is 8.24. The van der Waals surface area contributed by atoms with Crippen molar-refractivity contribution < 1.29 is 22.7 Å². The third-order valence-corrected chi connectivity index (χ3v) is 6.04. The van der Waals surface area contributed by atoms with Gasteiger partial charge in [0.05, 0.1) is 24.0 Å². The van der Waals surface area contributed by atoms with Crippen LogP contribution in [0.5, 0.6) is 6.01 Å². The Hall–Kier alpha value is -3.57. The maximum atomic E-state index is 13.6. The standard InChI is InChI=1S/C21H20F3N7O2/c1-12-2-4-16(31-27-6-7-28-31)18(29-12)19(32)30-11-13-3-5-15(30)17(8-13)33-20-25-9-14(10-26-20)21(22,23)24/h2,4,6-7,9-10,13,15,17H,3,5,8,11H2,1H3/t13-,15+,17-/m1/s1. The molecule has 1 saturated carbocycles. The smallest absolute Gasteiger partial charge is 0.419 e. The molecular weight excluding hydrogens is 439 g/mol. The van der Waals surface area contributed by atoms with Crippen molar-refractivity contribution in [2.24, 2.45) is 5.92 Å². The minimum atomic E-state index is -4.52. The number of carbonyl (C=O) groups excluding carboxylic acids is 1. The summed E-state index contributed by atoms with van der Waals surface area (Å²) in [7, 11) is 0. The molecule has 2 saturated heterocycles. The van der Waals surface area contributed by atoms with Gasteiger partial charge in [0, 0.05) is 24.6 Å². The third kappa shape index (κ3) is 4.12. The number of ether oxygens (including phenoxy) is 1. The van der Waals surface area contributed by atoms with Gasteiger partial charge in [0.25, 0.3) is 5.91 Å². The Morgan fingerprint density at radius 1 is 1.12 bits per heavy atom. The first kappa shape index (κ1) is 21.3. The molecule has 0 unspecified atom stereocenters. The number of pyridine rings is 1. The average Bonchev–Trinajstić information content (AvgIpc) is 3.33. The molecule has 3 aromatic heterocycles. The topological polar surface area (TPSA) is 98.9 Å². The number of alkyl halides is 3. The average molecular weight is 459 g/mol. The number of hydrogen-bond donors (Lipinski definition) is 0. The molecule has 0 radical (unpaired) electrons. The van der Waals surface area contributed by atoms with E-state index in [0.29, 0.717) is 43.2 Å². The highest BCUT2D eigenvalue weighted by Crippen LogP contribution is 2.38. The fourth-order valence-electron chi connectivity index (χ4n) is 4.50. The van der Waals surface area contributed by atoms with Gasteiger partial charge in [0.2, 0.25) is 0 Å². The quantitative estimate of drug-likeness (QED) is 0.592. The van der Waals surface area contributed by atoms with Gasteiger partial charge in [-0.15, -0.1) is 4.80 Å². The lowest BCUT2D eigenvalue weighted by atomic mass is 9.77. The van der Waals surface area contributed by atoms with Crippen molar-refractivity contribution in [3.05, 3.63) is 53.9 Å². The minimum absolute atomic E-state index is 0.136. The van der Waals surface area contributed by atoms with Crippen LogP contribution in [-0.2, 0) is 6.18 Å². The summed E-state index contributed by atoms with van der Waals surface area (Å²) in [6.07, 6.45) is 1.82. The van der Waals surface area contributed by atoms with Crippen molar-refractivity contribution >= 4 is 5.91 Å². The molecule has 3 aromatic rings. The first-order valence-corrected chi connectivity index (χ1v) is 10.5. The van der Waals surface area contributed by atoms with Crippen LogP contribution in [0.3, 0.4) is 0 Å². The molecule has 1 amide bonds. The molecule has 0 aromatic carbocycles. The van der Waals surface area contributed by atoms with E-state index < -0.39 is 17.8 Å². The lowest BCUT2D eigenvalue weighted by Gasteiger charge is -2.49. The van der Waals surface area contributed by atoms with Crippen LogP contribution in [-0.4, -0.2) is 59.4 Å². The number of nitrogens with zero attached hydrogens (tertiary/aromatic N) is 7. The van der Waals surface area contributed by atoms with Crippen LogP contribution in [0.1, 0.15) is 41.0 Å². The maximum Gasteiger partial charge on any atom is 0.419 e. The van der Waals surface area contributed by atoms with E-state index in [1.165, 1.54) is 17.2 Å². The number of aryl methyl sites for hydroxylation is 1. The van der Waals surface area contributed by atoms with E-state index >= 15 is 0 Å². The van der Waals surface area contributed by atoms with Crippen molar-refractivity contribution in [1.82, 2.24) is 34.8 Å². The van der Waals surface area contributed by atoms with E-state index in [4.69, 9.17) is 4.74 Å². The molecule has 6 rings (SSSR count). The van der Waals surface area contributed by atoms with Gasteiger partial charge in [0.15, 0.2) is 5.69 Å². The zero-order valence-corrected chi connectivity index (χ0v) is 17.6. The molecule has 33 heavy (non-hydrogen) atoms. The highest BCUT2D eigenvalue weighted by atomic mass is 19.4. The molecule has 3 aliphatic rings. The number of piperidine rings is 2. The van der Waals surface area contributed by atoms with E-state index in [2.05, 4.69) is 25.1 Å². The summed E-state index contributed by atoms with van der Waals surface area (Å²) >= 11 is 0. The fourth-order valence-corrected chi connectivity index (χ4v) is 4.50. The summed E-state index contributed by atoms with van der Waals surface area (Å²) in [4.78, 5) is 28.6. The lowest BCUT2D eigenvalue weighted by molar-refractivity contribution is -0.138. The number of aromatic nitrogens is 6. The second-order valence-electron chi connectivity index (χ2n) is 8.25. The zero-order valence-electron chi connectivity index (χ0n) is 17.6. The molecule has 12 heteroatoms. The first-order valence-electron chi connectivity index (χ1n) is 10.5. The van der Waals surface area contributed by atoms with E-state index in [9.17, 15) is 18.0 Å². The summed E-state index contributed by atoms with van der Waals surface area (Å²) in [6, 6.07) is 3.13. The monoisotopic (exact) mass is 459 g/mol. The van der Waals surface area contributed by atoms with Gasteiger partial charge >= 0.3 is 12.2 Å². The summed E-state index contributed by atoms with van der Waals surface area (Å²) in [5.41, 5.74) is 0.452. The van der Waals surface area contributed by atoms with Crippen molar-refractivity contribution in [1.29, 1.82) is 0 Å². The molecule has 0 spiro atoms. The molecule has 2 aliphatic heterocycles. The van der Waals surface area contributed by atoms with E-state index in [1.807, 2.05) is 0 Å². The van der Waals surface area contributed by atoms with Gasteiger partial charge in [-0.3, -0.25) is 4.79 Å². The number of halogens is 3. The summed E-state index contributed by atoms with van der Waals surface area (Å²) < 4.78 is 44.2. The van der Waals surface area contributed by atoms with Gasteiger partial charge in [-0.1, -0.05) is 0 Å². The number of carbonyl (C=O) groups is 1. The fraction of sp³-hybridized carbons (Fsp3) is 0.429. The van der Waals surface area contributed by atoms with Crippen molar-refractivity contribution in [2.75, 3.05) is 6.54 Å². The van der Waals surface area contributed by atoms with Gasteiger partial charge in [0.1, 0.15) is 11.8 Å². The molecule has 9 nitrogen and oxygen atoms in total. The predicted molar refractivity (Wildman–Crippen MR) is 108 cm³/mol. The Kier molecular flexibility index (Phi) is 5.22. The number of amides is 1. The van der Waals surface area contributed by atoms with E-state index in [-0.39, 0.29) is 29.6 Å². The predicted octanol–water partition coefficient (Wildman–Crippen LogP) is 2.85. The number of hydrogen-bond acceptors (Lipinski definition) is 7. The van der Waals surface area contributed by atoms with E-state index in [0.717, 1.165) is 6.42 Å². The van der Waals surface area contributed by atoms with Crippen molar-refractivity contribution in [3.63, 3.8) is 0 Å². The maximum absolute atomic E-state index is 13.6. The zero-order chi connectivity index (χ0) is 23.2. The van der Waals surface area contributed by atoms with Crippen LogP contribution < -0.4 is 4.74 Å². The largest absolute Gasteiger partial charge is 0.458 e. The van der Waals surface area contributed by atoms with Crippen molar-refractivity contribution in [3.8, 4) is 11.7 Å². The number of rotatable bonds is 4.